The minimum atomic E-state index is -0.583. The number of aliphatic hydroxyl groups excluding tert-OH is 1. The number of urea groups is 1. The molecule has 1 aromatic heterocycles. The molecule has 6 nitrogen and oxygen atoms in total. The summed E-state index contributed by atoms with van der Waals surface area (Å²) in [7, 11) is 1.82. The number of anilines is 1. The van der Waals surface area contributed by atoms with Gasteiger partial charge in [0.25, 0.3) is 0 Å². The van der Waals surface area contributed by atoms with E-state index in [0.717, 1.165) is 5.69 Å². The average Bonchev–Trinajstić information content (AvgIpc) is 2.63. The topological polar surface area (TPSA) is 79.2 Å². The number of carbonyl (C=O) groups is 1. The molecule has 6 heteroatoms. The molecule has 1 aliphatic carbocycles. The monoisotopic (exact) mass is 294 g/mol. The van der Waals surface area contributed by atoms with E-state index in [1.807, 2.05) is 33.9 Å². The van der Waals surface area contributed by atoms with Crippen LogP contribution in [0.1, 0.15) is 51.6 Å². The van der Waals surface area contributed by atoms with Gasteiger partial charge in [-0.3, -0.25) is 10.00 Å². The number of aryl methyl sites for hydroxylation is 1. The lowest BCUT2D eigenvalue weighted by Crippen LogP contribution is -2.41. The van der Waals surface area contributed by atoms with Crippen LogP contribution < -0.4 is 10.6 Å². The van der Waals surface area contributed by atoms with Crippen molar-refractivity contribution in [3.8, 4) is 0 Å². The zero-order valence-corrected chi connectivity index (χ0v) is 13.3. The number of rotatable bonds is 4. The normalized spacial score (nSPS) is 17.2. The predicted molar refractivity (Wildman–Crippen MR) is 82.3 cm³/mol. The summed E-state index contributed by atoms with van der Waals surface area (Å²) in [5, 5.41) is 19.8. The number of nitrogens with one attached hydrogen (secondary N) is 2. The number of aliphatic hydroxyl groups is 1. The zero-order chi connectivity index (χ0) is 15.6. The number of aromatic nitrogens is 2. The number of carbonyl (C=O) groups excluding carboxylic acids is 1. The summed E-state index contributed by atoms with van der Waals surface area (Å²) in [5.41, 5.74) is 0.797. The van der Waals surface area contributed by atoms with Gasteiger partial charge in [-0.25, -0.2) is 4.79 Å². The van der Waals surface area contributed by atoms with Crippen LogP contribution in [0.4, 0.5) is 10.6 Å². The van der Waals surface area contributed by atoms with E-state index in [-0.39, 0.29) is 18.0 Å². The summed E-state index contributed by atoms with van der Waals surface area (Å²) in [6.07, 6.45) is 3.04. The van der Waals surface area contributed by atoms with Crippen LogP contribution in [-0.4, -0.2) is 33.6 Å². The van der Waals surface area contributed by atoms with Gasteiger partial charge in [-0.15, -0.1) is 0 Å². The van der Waals surface area contributed by atoms with Gasteiger partial charge in [-0.05, 0) is 18.3 Å². The molecule has 1 atom stereocenters. The Balaban J connectivity index is 1.86. The minimum absolute atomic E-state index is 0.225. The van der Waals surface area contributed by atoms with E-state index in [0.29, 0.717) is 11.7 Å². The van der Waals surface area contributed by atoms with Gasteiger partial charge in [0.15, 0.2) is 0 Å². The molecular weight excluding hydrogens is 268 g/mol. The lowest BCUT2D eigenvalue weighted by atomic mass is 9.83. The third-order valence-electron chi connectivity index (χ3n) is 4.12. The fourth-order valence-electron chi connectivity index (χ4n) is 2.17. The summed E-state index contributed by atoms with van der Waals surface area (Å²) in [4.78, 5) is 11.9. The third kappa shape index (κ3) is 3.97. The first-order valence-electron chi connectivity index (χ1n) is 7.54. The molecule has 0 bridgehead atoms. The highest BCUT2D eigenvalue weighted by Gasteiger charge is 2.24. The van der Waals surface area contributed by atoms with Crippen molar-refractivity contribution < 1.29 is 9.90 Å². The molecule has 118 valence electrons. The van der Waals surface area contributed by atoms with Gasteiger partial charge in [0.05, 0.1) is 11.8 Å². The summed E-state index contributed by atoms with van der Waals surface area (Å²) >= 11 is 0. The highest BCUT2D eigenvalue weighted by molar-refractivity contribution is 5.88. The summed E-state index contributed by atoms with van der Waals surface area (Å²) in [5.74, 6) is 1.22. The first kappa shape index (κ1) is 15.8. The van der Waals surface area contributed by atoms with Crippen molar-refractivity contribution in [1.82, 2.24) is 15.1 Å². The van der Waals surface area contributed by atoms with E-state index in [4.69, 9.17) is 0 Å². The first-order chi connectivity index (χ1) is 9.77. The van der Waals surface area contributed by atoms with Crippen LogP contribution in [0, 0.1) is 5.41 Å². The summed E-state index contributed by atoms with van der Waals surface area (Å²) < 4.78 is 1.69. The van der Waals surface area contributed by atoms with E-state index < -0.39 is 6.10 Å². The van der Waals surface area contributed by atoms with Crippen LogP contribution in [-0.2, 0) is 7.05 Å². The predicted octanol–water partition coefficient (Wildman–Crippen LogP) is 2.22. The van der Waals surface area contributed by atoms with Crippen LogP contribution in [0.15, 0.2) is 6.07 Å². The molecule has 1 aliphatic rings. The van der Waals surface area contributed by atoms with Crippen molar-refractivity contribution in [3.63, 3.8) is 0 Å². The molecule has 1 saturated carbocycles. The average molecular weight is 294 g/mol. The maximum Gasteiger partial charge on any atom is 0.320 e. The molecule has 1 aromatic rings. The fraction of sp³-hybridized carbons (Fsp3) is 0.733. The number of hydrogen-bond acceptors (Lipinski definition) is 3. The van der Waals surface area contributed by atoms with Crippen molar-refractivity contribution in [2.45, 2.75) is 52.1 Å². The number of hydrogen-bond donors (Lipinski definition) is 3. The molecule has 0 radical (unpaired) electrons. The lowest BCUT2D eigenvalue weighted by Gasteiger charge is -2.25. The van der Waals surface area contributed by atoms with E-state index in [1.54, 1.807) is 4.68 Å². The first-order valence-corrected chi connectivity index (χ1v) is 7.54. The SMILES string of the molecule is Cn1nc(C2CCC2)cc1NC(=O)NCC(O)C(C)(C)C. The van der Waals surface area contributed by atoms with Gasteiger partial charge in [0.1, 0.15) is 5.82 Å². The summed E-state index contributed by atoms with van der Waals surface area (Å²) in [6, 6.07) is 1.62. The Morgan fingerprint density at radius 3 is 2.71 bits per heavy atom. The van der Waals surface area contributed by atoms with Crippen LogP contribution in [0.2, 0.25) is 0 Å². The maximum atomic E-state index is 11.9. The van der Waals surface area contributed by atoms with Crippen molar-refractivity contribution in [1.29, 1.82) is 0 Å². The van der Waals surface area contributed by atoms with Crippen LogP contribution >= 0.6 is 0 Å². The van der Waals surface area contributed by atoms with E-state index in [1.165, 1.54) is 19.3 Å². The van der Waals surface area contributed by atoms with Crippen molar-refractivity contribution >= 4 is 11.8 Å². The Kier molecular flexibility index (Phi) is 4.56. The summed E-state index contributed by atoms with van der Waals surface area (Å²) in [6.45, 7) is 6.03. The van der Waals surface area contributed by atoms with Gasteiger partial charge in [-0.1, -0.05) is 27.2 Å². The van der Waals surface area contributed by atoms with Crippen LogP contribution in [0.25, 0.3) is 0 Å². The fourth-order valence-corrected chi connectivity index (χ4v) is 2.17. The Bertz CT molecular complexity index is 500. The van der Waals surface area contributed by atoms with Crippen molar-refractivity contribution in [3.05, 3.63) is 11.8 Å². The lowest BCUT2D eigenvalue weighted by molar-refractivity contribution is 0.0654. The molecule has 0 aromatic carbocycles. The van der Waals surface area contributed by atoms with Gasteiger partial charge in [0.2, 0.25) is 0 Å². The van der Waals surface area contributed by atoms with E-state index in [9.17, 15) is 9.90 Å². The zero-order valence-electron chi connectivity index (χ0n) is 13.3. The van der Waals surface area contributed by atoms with Crippen LogP contribution in [0.3, 0.4) is 0 Å². The second kappa shape index (κ2) is 6.05. The highest BCUT2D eigenvalue weighted by atomic mass is 16.3. The Labute approximate surface area is 125 Å². The smallest absolute Gasteiger partial charge is 0.320 e. The largest absolute Gasteiger partial charge is 0.391 e. The van der Waals surface area contributed by atoms with Gasteiger partial charge in [0, 0.05) is 25.6 Å². The maximum absolute atomic E-state index is 11.9. The molecule has 3 N–H and O–H groups in total. The van der Waals surface area contributed by atoms with Crippen LogP contribution in [0.5, 0.6) is 0 Å². The van der Waals surface area contributed by atoms with Gasteiger partial charge < -0.3 is 10.4 Å². The van der Waals surface area contributed by atoms with E-state index >= 15 is 0 Å². The van der Waals surface area contributed by atoms with Crippen molar-refractivity contribution in [2.75, 3.05) is 11.9 Å². The molecule has 0 aliphatic heterocycles. The molecule has 21 heavy (non-hydrogen) atoms. The number of nitrogens with zero attached hydrogens (tertiary/aromatic N) is 2. The highest BCUT2D eigenvalue weighted by Crippen LogP contribution is 2.36. The van der Waals surface area contributed by atoms with E-state index in [2.05, 4.69) is 15.7 Å². The number of amides is 2. The standard InChI is InChI=1S/C15H26N4O2/c1-15(2,3)12(20)9-16-14(21)17-13-8-11(18-19(13)4)10-6-5-7-10/h8,10,12,20H,5-7,9H2,1-4H3,(H2,16,17,21). The van der Waals surface area contributed by atoms with Gasteiger partial charge in [-0.2, -0.15) is 5.10 Å². The van der Waals surface area contributed by atoms with Crippen molar-refractivity contribution in [2.24, 2.45) is 12.5 Å². The second-order valence-electron chi connectivity index (χ2n) is 6.92. The Morgan fingerprint density at radius 2 is 2.19 bits per heavy atom. The Hall–Kier alpha value is -1.56. The van der Waals surface area contributed by atoms with Gasteiger partial charge >= 0.3 is 6.03 Å². The molecule has 0 saturated heterocycles. The molecule has 0 spiro atoms. The quantitative estimate of drug-likeness (QED) is 0.796. The molecule has 1 unspecified atom stereocenters. The minimum Gasteiger partial charge on any atom is -0.391 e. The molecule has 2 amide bonds. The Morgan fingerprint density at radius 1 is 1.52 bits per heavy atom. The second-order valence-corrected chi connectivity index (χ2v) is 6.92. The molecule has 1 fully saturated rings. The molecule has 2 rings (SSSR count). The molecule has 1 heterocycles. The molecular formula is C15H26N4O2. The third-order valence-corrected chi connectivity index (χ3v) is 4.12.